The maximum absolute atomic E-state index is 12.8. The van der Waals surface area contributed by atoms with E-state index in [1.807, 2.05) is 19.0 Å². The molecular formula is C20H39N5O8. The lowest BCUT2D eigenvalue weighted by molar-refractivity contribution is -0.144. The Morgan fingerprint density at radius 2 is 1.18 bits per heavy atom. The zero-order chi connectivity index (χ0) is 25.6. The Kier molecular flexibility index (Phi) is 15.2. The maximum atomic E-state index is 12.8. The van der Waals surface area contributed by atoms with Crippen LogP contribution in [-0.4, -0.2) is 168 Å². The fourth-order valence-electron chi connectivity index (χ4n) is 3.14. The van der Waals surface area contributed by atoms with E-state index in [0.29, 0.717) is 26.2 Å². The minimum atomic E-state index is -1.18. The van der Waals surface area contributed by atoms with E-state index in [2.05, 4.69) is 0 Å². The van der Waals surface area contributed by atoms with Crippen LogP contribution in [0.15, 0.2) is 0 Å². The molecule has 0 saturated heterocycles. The number of likely N-dealkylation sites (N-methyl/N-ethyl adjacent to an activating group) is 3. The van der Waals surface area contributed by atoms with Gasteiger partial charge in [-0.3, -0.25) is 33.9 Å². The van der Waals surface area contributed by atoms with Crippen LogP contribution in [0, 0.1) is 0 Å². The first-order valence-corrected chi connectivity index (χ1v) is 10.8. The predicted octanol–water partition coefficient (Wildman–Crippen LogP) is -2.45. The van der Waals surface area contributed by atoms with Gasteiger partial charge in [0.25, 0.3) is 0 Å². The molecule has 0 radical (unpaired) electrons. The number of amides is 1. The van der Waals surface area contributed by atoms with Gasteiger partial charge in [-0.25, -0.2) is 0 Å². The SMILES string of the molecule is CCN(CCN(CCN(CC(=O)O)C(CO)C(=O)N(C)CCN(C)C)CC(=O)O)CC(=O)O. The number of aliphatic carboxylic acids is 3. The molecule has 0 aromatic carbocycles. The lowest BCUT2D eigenvalue weighted by Crippen LogP contribution is -2.54. The van der Waals surface area contributed by atoms with E-state index in [1.165, 1.54) is 9.80 Å². The Balaban J connectivity index is 5.30. The van der Waals surface area contributed by atoms with Gasteiger partial charge in [0.2, 0.25) is 5.91 Å². The van der Waals surface area contributed by atoms with Crippen LogP contribution >= 0.6 is 0 Å². The first kappa shape index (κ1) is 30.7. The summed E-state index contributed by atoms with van der Waals surface area (Å²) in [6.07, 6.45) is 0. The molecule has 0 spiro atoms. The maximum Gasteiger partial charge on any atom is 0.317 e. The summed E-state index contributed by atoms with van der Waals surface area (Å²) >= 11 is 0. The van der Waals surface area contributed by atoms with Crippen molar-refractivity contribution in [2.45, 2.75) is 13.0 Å². The topological polar surface area (TPSA) is 165 Å². The fraction of sp³-hybridized carbons (Fsp3) is 0.800. The van der Waals surface area contributed by atoms with E-state index in [0.717, 1.165) is 0 Å². The molecule has 4 N–H and O–H groups in total. The van der Waals surface area contributed by atoms with Crippen molar-refractivity contribution < 1.29 is 39.6 Å². The van der Waals surface area contributed by atoms with Gasteiger partial charge in [-0.15, -0.1) is 0 Å². The van der Waals surface area contributed by atoms with E-state index in [1.54, 1.807) is 23.8 Å². The first-order chi connectivity index (χ1) is 15.4. The highest BCUT2D eigenvalue weighted by molar-refractivity contribution is 5.82. The number of carbonyl (C=O) groups excluding carboxylic acids is 1. The molecule has 192 valence electrons. The van der Waals surface area contributed by atoms with Gasteiger partial charge < -0.3 is 30.2 Å². The molecule has 0 aliphatic rings. The minimum Gasteiger partial charge on any atom is -0.480 e. The van der Waals surface area contributed by atoms with Crippen LogP contribution in [0.5, 0.6) is 0 Å². The Bertz CT molecular complexity index is 634. The minimum absolute atomic E-state index is 0.0309. The van der Waals surface area contributed by atoms with Crippen LogP contribution in [0.2, 0.25) is 0 Å². The standard InChI is InChI=1S/C20H39N5O8/c1-5-23(12-17(27)28)8-9-24(13-18(29)30)10-11-25(14-19(31)32)16(15-26)20(33)22(4)7-6-21(2)3/h16,26H,5-15H2,1-4H3,(H,27,28)(H,29,30)(H,31,32). The molecule has 0 bridgehead atoms. The van der Waals surface area contributed by atoms with Crippen LogP contribution in [0.4, 0.5) is 0 Å². The van der Waals surface area contributed by atoms with Gasteiger partial charge in [0, 0.05) is 46.3 Å². The number of rotatable bonds is 19. The van der Waals surface area contributed by atoms with Crippen LogP contribution < -0.4 is 0 Å². The molecule has 33 heavy (non-hydrogen) atoms. The van der Waals surface area contributed by atoms with Crippen molar-refractivity contribution in [1.82, 2.24) is 24.5 Å². The van der Waals surface area contributed by atoms with E-state index in [-0.39, 0.29) is 32.7 Å². The van der Waals surface area contributed by atoms with Crippen molar-refractivity contribution in [2.24, 2.45) is 0 Å². The molecule has 0 aliphatic heterocycles. The monoisotopic (exact) mass is 477 g/mol. The Morgan fingerprint density at radius 3 is 1.64 bits per heavy atom. The number of hydrogen-bond donors (Lipinski definition) is 4. The number of hydrogen-bond acceptors (Lipinski definition) is 9. The van der Waals surface area contributed by atoms with Gasteiger partial charge in [-0.2, -0.15) is 0 Å². The van der Waals surface area contributed by atoms with Crippen molar-refractivity contribution in [3.8, 4) is 0 Å². The third-order valence-electron chi connectivity index (χ3n) is 5.10. The number of aliphatic hydroxyl groups excluding tert-OH is 1. The van der Waals surface area contributed by atoms with E-state index in [9.17, 15) is 34.5 Å². The zero-order valence-electron chi connectivity index (χ0n) is 20.0. The summed E-state index contributed by atoms with van der Waals surface area (Å²) in [5.74, 6) is -3.68. The Hall–Kier alpha value is -2.32. The van der Waals surface area contributed by atoms with Crippen LogP contribution in [0.1, 0.15) is 6.92 Å². The Morgan fingerprint density at radius 1 is 0.697 bits per heavy atom. The van der Waals surface area contributed by atoms with Crippen molar-refractivity contribution >= 4 is 23.8 Å². The smallest absolute Gasteiger partial charge is 0.317 e. The largest absolute Gasteiger partial charge is 0.480 e. The summed E-state index contributed by atoms with van der Waals surface area (Å²) in [5, 5.41) is 37.3. The number of carbonyl (C=O) groups is 4. The molecule has 0 fully saturated rings. The third kappa shape index (κ3) is 13.7. The molecule has 13 nitrogen and oxygen atoms in total. The van der Waals surface area contributed by atoms with Gasteiger partial charge in [-0.05, 0) is 20.6 Å². The summed E-state index contributed by atoms with van der Waals surface area (Å²) in [4.78, 5) is 54.3. The highest BCUT2D eigenvalue weighted by atomic mass is 16.4. The quantitative estimate of drug-likeness (QED) is 0.155. The second-order valence-electron chi connectivity index (χ2n) is 8.06. The second kappa shape index (κ2) is 16.3. The molecule has 13 heteroatoms. The van der Waals surface area contributed by atoms with Crippen molar-refractivity contribution in [3.63, 3.8) is 0 Å². The third-order valence-corrected chi connectivity index (χ3v) is 5.10. The lowest BCUT2D eigenvalue weighted by atomic mass is 10.2. The number of carboxylic acids is 3. The highest BCUT2D eigenvalue weighted by Gasteiger charge is 2.29. The average Bonchev–Trinajstić information content (AvgIpc) is 2.71. The number of nitrogens with zero attached hydrogens (tertiary/aromatic N) is 5. The normalized spacial score (nSPS) is 12.5. The van der Waals surface area contributed by atoms with Gasteiger partial charge >= 0.3 is 17.9 Å². The molecule has 0 aliphatic carbocycles. The average molecular weight is 478 g/mol. The second-order valence-corrected chi connectivity index (χ2v) is 8.06. The van der Waals surface area contributed by atoms with E-state index >= 15 is 0 Å². The summed E-state index contributed by atoms with van der Waals surface area (Å²) in [7, 11) is 5.28. The molecule has 0 saturated carbocycles. The molecule has 0 aromatic rings. The Labute approximate surface area is 194 Å². The summed E-state index contributed by atoms with van der Waals surface area (Å²) < 4.78 is 0. The van der Waals surface area contributed by atoms with Crippen LogP contribution in [0.3, 0.4) is 0 Å². The predicted molar refractivity (Wildman–Crippen MR) is 120 cm³/mol. The van der Waals surface area contributed by atoms with Crippen LogP contribution in [-0.2, 0) is 19.2 Å². The van der Waals surface area contributed by atoms with Gasteiger partial charge in [-0.1, -0.05) is 6.92 Å². The molecule has 1 unspecified atom stereocenters. The molecule has 0 aromatic heterocycles. The van der Waals surface area contributed by atoms with Crippen LogP contribution in [0.25, 0.3) is 0 Å². The van der Waals surface area contributed by atoms with E-state index in [4.69, 9.17) is 5.11 Å². The molecule has 1 atom stereocenters. The number of aliphatic hydroxyl groups is 1. The molecule has 1 amide bonds. The van der Waals surface area contributed by atoms with Gasteiger partial charge in [0.05, 0.1) is 26.2 Å². The van der Waals surface area contributed by atoms with E-state index < -0.39 is 43.0 Å². The summed E-state index contributed by atoms with van der Waals surface area (Å²) in [5.41, 5.74) is 0. The van der Waals surface area contributed by atoms with Gasteiger partial charge in [0.15, 0.2) is 0 Å². The summed E-state index contributed by atoms with van der Waals surface area (Å²) in [6.45, 7) is 2.37. The fourth-order valence-corrected chi connectivity index (χ4v) is 3.14. The summed E-state index contributed by atoms with van der Waals surface area (Å²) in [6, 6.07) is -1.08. The highest BCUT2D eigenvalue weighted by Crippen LogP contribution is 2.06. The van der Waals surface area contributed by atoms with Gasteiger partial charge in [0.1, 0.15) is 6.04 Å². The van der Waals surface area contributed by atoms with Crippen molar-refractivity contribution in [3.05, 3.63) is 0 Å². The molecule has 0 heterocycles. The lowest BCUT2D eigenvalue weighted by Gasteiger charge is -2.33. The van der Waals surface area contributed by atoms with Crippen molar-refractivity contribution in [2.75, 3.05) is 93.2 Å². The molecular weight excluding hydrogens is 438 g/mol. The molecule has 0 rings (SSSR count). The van der Waals surface area contributed by atoms with Crippen molar-refractivity contribution in [1.29, 1.82) is 0 Å². The zero-order valence-corrected chi connectivity index (χ0v) is 20.0. The number of carboxylic acid groups (broad SMARTS) is 3. The first-order valence-electron chi connectivity index (χ1n) is 10.8.